The monoisotopic (exact) mass is 300 g/mol. The molecule has 1 heterocycles. The van der Waals surface area contributed by atoms with E-state index in [4.69, 9.17) is 19.3 Å². The van der Waals surface area contributed by atoms with Gasteiger partial charge in [-0.1, -0.05) is 13.8 Å². The van der Waals surface area contributed by atoms with Crippen molar-refractivity contribution in [2.75, 3.05) is 13.7 Å². The van der Waals surface area contributed by atoms with Crippen molar-refractivity contribution in [2.45, 2.75) is 59.4 Å². The number of carbonyl (C=O) groups is 1. The van der Waals surface area contributed by atoms with Crippen LogP contribution in [0.5, 0.6) is 0 Å². The van der Waals surface area contributed by atoms with Crippen LogP contribution in [0.4, 0.5) is 0 Å². The average molecular weight is 300 g/mol. The predicted molar refractivity (Wildman–Crippen MR) is 79.4 cm³/mol. The first-order valence-corrected chi connectivity index (χ1v) is 7.47. The van der Waals surface area contributed by atoms with Gasteiger partial charge < -0.3 is 19.3 Å². The van der Waals surface area contributed by atoms with Crippen molar-refractivity contribution >= 4 is 5.97 Å². The Balaban J connectivity index is 2.79. The zero-order valence-electron chi connectivity index (χ0n) is 13.9. The summed E-state index contributed by atoms with van der Waals surface area (Å²) in [5.41, 5.74) is 0.520. The maximum absolute atomic E-state index is 11.9. The van der Waals surface area contributed by atoms with E-state index in [1.807, 2.05) is 13.8 Å². The molecule has 3 atom stereocenters. The van der Waals surface area contributed by atoms with Crippen LogP contribution in [0.15, 0.2) is 11.3 Å². The molecule has 5 heteroatoms. The van der Waals surface area contributed by atoms with E-state index in [1.165, 1.54) is 0 Å². The Morgan fingerprint density at radius 2 is 1.86 bits per heavy atom. The molecule has 21 heavy (non-hydrogen) atoms. The standard InChI is InChI=1S/C16H28O5/c1-10(9-17)7-13(19-6)8-11(2)14-12(3)15(18)21-16(4,5)20-14/h10-11,13,17H,7-9H2,1-6H3. The third-order valence-electron chi connectivity index (χ3n) is 3.74. The first kappa shape index (κ1) is 18.0. The van der Waals surface area contributed by atoms with Crippen molar-refractivity contribution < 1.29 is 24.1 Å². The highest BCUT2D eigenvalue weighted by Gasteiger charge is 2.36. The molecule has 0 bridgehead atoms. The number of hydrogen-bond acceptors (Lipinski definition) is 5. The number of hydrogen-bond donors (Lipinski definition) is 1. The fourth-order valence-electron chi connectivity index (χ4n) is 2.55. The molecule has 5 nitrogen and oxygen atoms in total. The van der Waals surface area contributed by atoms with Gasteiger partial charge in [0.1, 0.15) is 5.76 Å². The number of aliphatic hydroxyl groups excluding tert-OH is 1. The topological polar surface area (TPSA) is 65.0 Å². The molecule has 0 saturated carbocycles. The molecule has 0 spiro atoms. The van der Waals surface area contributed by atoms with Gasteiger partial charge in [-0.2, -0.15) is 0 Å². The van der Waals surface area contributed by atoms with Gasteiger partial charge >= 0.3 is 5.97 Å². The molecule has 0 amide bonds. The zero-order valence-corrected chi connectivity index (χ0v) is 13.9. The number of aliphatic hydroxyl groups is 1. The quantitative estimate of drug-likeness (QED) is 0.732. The molecule has 0 aromatic heterocycles. The molecule has 1 aliphatic rings. The molecule has 1 N–H and O–H groups in total. The molecular formula is C16H28O5. The van der Waals surface area contributed by atoms with Gasteiger partial charge in [0.05, 0.1) is 11.7 Å². The van der Waals surface area contributed by atoms with E-state index >= 15 is 0 Å². The molecule has 3 unspecified atom stereocenters. The molecule has 1 rings (SSSR count). The van der Waals surface area contributed by atoms with Gasteiger partial charge in [0, 0.05) is 33.5 Å². The Kier molecular flexibility index (Phi) is 6.23. The summed E-state index contributed by atoms with van der Waals surface area (Å²) < 4.78 is 16.5. The third-order valence-corrected chi connectivity index (χ3v) is 3.74. The van der Waals surface area contributed by atoms with E-state index < -0.39 is 5.79 Å². The van der Waals surface area contributed by atoms with Crippen LogP contribution in [0.1, 0.15) is 47.5 Å². The van der Waals surface area contributed by atoms with E-state index in [2.05, 4.69) is 0 Å². The molecule has 0 fully saturated rings. The largest absolute Gasteiger partial charge is 0.456 e. The van der Waals surface area contributed by atoms with E-state index in [0.29, 0.717) is 11.3 Å². The van der Waals surface area contributed by atoms with Crippen LogP contribution >= 0.6 is 0 Å². The Morgan fingerprint density at radius 3 is 2.38 bits per heavy atom. The maximum Gasteiger partial charge on any atom is 0.340 e. The lowest BCUT2D eigenvalue weighted by Crippen LogP contribution is -2.38. The van der Waals surface area contributed by atoms with E-state index in [0.717, 1.165) is 12.8 Å². The molecule has 1 aliphatic heterocycles. The molecule has 0 radical (unpaired) electrons. The average Bonchev–Trinajstić information content (AvgIpc) is 2.41. The van der Waals surface area contributed by atoms with E-state index in [1.54, 1.807) is 27.9 Å². The highest BCUT2D eigenvalue weighted by molar-refractivity contribution is 5.89. The van der Waals surface area contributed by atoms with Gasteiger partial charge in [-0.25, -0.2) is 4.79 Å². The fraction of sp³-hybridized carbons (Fsp3) is 0.812. The molecule has 0 saturated heterocycles. The zero-order chi connectivity index (χ0) is 16.2. The molecule has 0 aliphatic carbocycles. The Labute approximate surface area is 127 Å². The number of esters is 1. The minimum absolute atomic E-state index is 0.0205. The van der Waals surface area contributed by atoms with E-state index in [-0.39, 0.29) is 30.5 Å². The van der Waals surface area contributed by atoms with Crippen molar-refractivity contribution in [1.82, 2.24) is 0 Å². The Hall–Kier alpha value is -1.07. The highest BCUT2D eigenvalue weighted by atomic mass is 16.7. The lowest BCUT2D eigenvalue weighted by Gasteiger charge is -2.35. The highest BCUT2D eigenvalue weighted by Crippen LogP contribution is 2.33. The van der Waals surface area contributed by atoms with Gasteiger partial charge in [-0.15, -0.1) is 0 Å². The number of methoxy groups -OCH3 is 1. The van der Waals surface area contributed by atoms with E-state index in [9.17, 15) is 4.79 Å². The summed E-state index contributed by atoms with van der Waals surface area (Å²) in [6.45, 7) is 9.33. The van der Waals surface area contributed by atoms with Crippen LogP contribution in [-0.2, 0) is 19.0 Å². The molecular weight excluding hydrogens is 272 g/mol. The summed E-state index contributed by atoms with van der Waals surface area (Å²) in [5, 5.41) is 9.16. The number of rotatable bonds is 7. The van der Waals surface area contributed by atoms with Crippen LogP contribution in [0, 0.1) is 11.8 Å². The third kappa shape index (κ3) is 5.00. The van der Waals surface area contributed by atoms with Crippen molar-refractivity contribution in [3.05, 3.63) is 11.3 Å². The van der Waals surface area contributed by atoms with Crippen molar-refractivity contribution in [3.8, 4) is 0 Å². The minimum Gasteiger partial charge on any atom is -0.456 e. The van der Waals surface area contributed by atoms with Gasteiger partial charge in [0.25, 0.3) is 0 Å². The predicted octanol–water partition coefficient (Wildman–Crippen LogP) is 2.63. The Morgan fingerprint density at radius 1 is 1.24 bits per heavy atom. The summed E-state index contributed by atoms with van der Waals surface area (Å²) in [5.74, 6) is -0.346. The molecule has 0 aromatic carbocycles. The van der Waals surface area contributed by atoms with Crippen LogP contribution in [-0.4, -0.2) is 36.7 Å². The second-order valence-electron chi connectivity index (χ2n) is 6.40. The summed E-state index contributed by atoms with van der Waals surface area (Å²) in [6.07, 6.45) is 1.53. The van der Waals surface area contributed by atoms with Crippen molar-refractivity contribution in [1.29, 1.82) is 0 Å². The Bertz CT molecular complexity index is 399. The summed E-state index contributed by atoms with van der Waals surface area (Å²) in [4.78, 5) is 11.9. The minimum atomic E-state index is -0.929. The lowest BCUT2D eigenvalue weighted by atomic mass is 9.93. The number of cyclic esters (lactones) is 1. The normalized spacial score (nSPS) is 22.3. The van der Waals surface area contributed by atoms with Crippen LogP contribution < -0.4 is 0 Å². The number of allylic oxidation sites excluding steroid dienone is 1. The van der Waals surface area contributed by atoms with Gasteiger partial charge in [-0.3, -0.25) is 0 Å². The van der Waals surface area contributed by atoms with Gasteiger partial charge in [0.15, 0.2) is 0 Å². The summed E-state index contributed by atoms with van der Waals surface area (Å²) in [6, 6.07) is 0. The van der Waals surface area contributed by atoms with Crippen LogP contribution in [0.25, 0.3) is 0 Å². The SMILES string of the molecule is COC(CC(C)CO)CC(C)C1=C(C)C(=O)OC(C)(C)O1. The van der Waals surface area contributed by atoms with Gasteiger partial charge in [0.2, 0.25) is 5.79 Å². The number of ether oxygens (including phenoxy) is 3. The van der Waals surface area contributed by atoms with Gasteiger partial charge in [-0.05, 0) is 25.7 Å². The first-order chi connectivity index (χ1) is 9.70. The maximum atomic E-state index is 11.9. The molecule has 122 valence electrons. The fourth-order valence-corrected chi connectivity index (χ4v) is 2.55. The van der Waals surface area contributed by atoms with Crippen LogP contribution in [0.2, 0.25) is 0 Å². The lowest BCUT2D eigenvalue weighted by molar-refractivity contribution is -0.211. The summed E-state index contributed by atoms with van der Waals surface area (Å²) in [7, 11) is 1.67. The summed E-state index contributed by atoms with van der Waals surface area (Å²) >= 11 is 0. The first-order valence-electron chi connectivity index (χ1n) is 7.47. The second-order valence-corrected chi connectivity index (χ2v) is 6.40. The second kappa shape index (κ2) is 7.27. The van der Waals surface area contributed by atoms with Crippen LogP contribution in [0.3, 0.4) is 0 Å². The smallest absolute Gasteiger partial charge is 0.340 e. The van der Waals surface area contributed by atoms with Crippen molar-refractivity contribution in [3.63, 3.8) is 0 Å². The molecule has 0 aromatic rings. The number of carbonyl (C=O) groups excluding carboxylic acids is 1. The van der Waals surface area contributed by atoms with Crippen molar-refractivity contribution in [2.24, 2.45) is 11.8 Å².